The molecule has 1 unspecified atom stereocenters. The van der Waals surface area contributed by atoms with E-state index in [0.717, 1.165) is 0 Å². The highest BCUT2D eigenvalue weighted by molar-refractivity contribution is 7.91. The fourth-order valence-corrected chi connectivity index (χ4v) is 3.63. The van der Waals surface area contributed by atoms with E-state index in [0.29, 0.717) is 12.8 Å². The van der Waals surface area contributed by atoms with Crippen molar-refractivity contribution < 1.29 is 13.2 Å². The van der Waals surface area contributed by atoms with Crippen LogP contribution < -0.4 is 5.32 Å². The quantitative estimate of drug-likeness (QED) is 0.853. The number of rotatable bonds is 2. The number of hydrogen-bond donors (Lipinski definition) is 1. The molecule has 1 N–H and O–H groups in total. The van der Waals surface area contributed by atoms with E-state index in [1.807, 2.05) is 0 Å². The van der Waals surface area contributed by atoms with Gasteiger partial charge in [-0.05, 0) is 12.8 Å². The summed E-state index contributed by atoms with van der Waals surface area (Å²) in [5.74, 6) is -0.282. The molecule has 1 aliphatic heterocycles. The topological polar surface area (TPSA) is 89.0 Å². The lowest BCUT2D eigenvalue weighted by molar-refractivity contribution is 0.0933. The molecule has 1 atom stereocenters. The summed E-state index contributed by atoms with van der Waals surface area (Å²) in [7, 11) is -3.04. The second kappa shape index (κ2) is 5.19. The Bertz CT molecular complexity index is 561. The predicted octanol–water partition coefficient (Wildman–Crippen LogP) is 0.437. The molecule has 6 nitrogen and oxygen atoms in total. The molecule has 8 heteroatoms. The molecule has 0 saturated carbocycles. The van der Waals surface area contributed by atoms with Gasteiger partial charge in [-0.2, -0.15) is 0 Å². The molecule has 98 valence electrons. The highest BCUT2D eigenvalue weighted by Gasteiger charge is 2.26. The summed E-state index contributed by atoms with van der Waals surface area (Å²) in [4.78, 5) is 19.4. The van der Waals surface area contributed by atoms with Gasteiger partial charge in [-0.15, -0.1) is 0 Å². The maximum absolute atomic E-state index is 11.8. The first-order valence-corrected chi connectivity index (χ1v) is 7.65. The molecule has 1 saturated heterocycles. The number of carbonyl (C=O) groups is 1. The van der Waals surface area contributed by atoms with E-state index in [9.17, 15) is 13.2 Å². The van der Waals surface area contributed by atoms with E-state index < -0.39 is 15.7 Å². The first kappa shape index (κ1) is 13.2. The van der Waals surface area contributed by atoms with Crippen molar-refractivity contribution in [2.75, 3.05) is 11.5 Å². The van der Waals surface area contributed by atoms with E-state index in [4.69, 9.17) is 11.6 Å². The molecular weight excluding hydrogens is 278 g/mol. The first-order valence-electron chi connectivity index (χ1n) is 5.45. The second-order valence-electron chi connectivity index (χ2n) is 4.15. The lowest BCUT2D eigenvalue weighted by atomic mass is 10.2. The zero-order valence-electron chi connectivity index (χ0n) is 9.47. The van der Waals surface area contributed by atoms with Crippen LogP contribution in [-0.2, 0) is 9.84 Å². The third-order valence-corrected chi connectivity index (χ3v) is 4.64. The minimum absolute atomic E-state index is 0.0211. The lowest BCUT2D eigenvalue weighted by Gasteiger charge is -2.22. The summed E-state index contributed by atoms with van der Waals surface area (Å²) in [5, 5.41) is 2.76. The van der Waals surface area contributed by atoms with Crippen LogP contribution in [0, 0.1) is 0 Å². The van der Waals surface area contributed by atoms with Gasteiger partial charge in [0.25, 0.3) is 5.91 Å². The molecule has 2 rings (SSSR count). The largest absolute Gasteiger partial charge is 0.347 e. The zero-order chi connectivity index (χ0) is 13.2. The highest BCUT2D eigenvalue weighted by Crippen LogP contribution is 2.12. The van der Waals surface area contributed by atoms with Crippen LogP contribution in [0.5, 0.6) is 0 Å². The molecule has 0 aromatic carbocycles. The summed E-state index contributed by atoms with van der Waals surface area (Å²) in [6, 6.07) is -0.364. The zero-order valence-corrected chi connectivity index (χ0v) is 11.0. The van der Waals surface area contributed by atoms with Crippen molar-refractivity contribution in [1.82, 2.24) is 15.3 Å². The Kier molecular flexibility index (Phi) is 3.82. The SMILES string of the molecule is O=C(NC1CCCS(=O)(=O)C1)c1cncc(Cl)n1. The maximum atomic E-state index is 11.8. The summed E-state index contributed by atoms with van der Waals surface area (Å²) in [6.45, 7) is 0. The van der Waals surface area contributed by atoms with Crippen LogP contribution in [-0.4, -0.2) is 41.8 Å². The van der Waals surface area contributed by atoms with Gasteiger partial charge in [-0.1, -0.05) is 11.6 Å². The summed E-state index contributed by atoms with van der Waals surface area (Å²) in [5.41, 5.74) is 0.0884. The van der Waals surface area contributed by atoms with Crippen LogP contribution in [0.25, 0.3) is 0 Å². The average Bonchev–Trinajstić information content (AvgIpc) is 2.27. The minimum Gasteiger partial charge on any atom is -0.347 e. The third kappa shape index (κ3) is 3.39. The number of halogens is 1. The number of sulfone groups is 1. The first-order chi connectivity index (χ1) is 8.46. The van der Waals surface area contributed by atoms with Gasteiger partial charge in [0.15, 0.2) is 9.84 Å². The Morgan fingerprint density at radius 1 is 1.44 bits per heavy atom. The molecule has 0 aliphatic carbocycles. The van der Waals surface area contributed by atoms with Gasteiger partial charge in [0.2, 0.25) is 0 Å². The van der Waals surface area contributed by atoms with Crippen molar-refractivity contribution in [3.8, 4) is 0 Å². The number of nitrogens with one attached hydrogen (secondary N) is 1. The van der Waals surface area contributed by atoms with Gasteiger partial charge in [0.05, 0.1) is 23.9 Å². The molecule has 0 spiro atoms. The molecule has 0 bridgehead atoms. The lowest BCUT2D eigenvalue weighted by Crippen LogP contribution is -2.43. The van der Waals surface area contributed by atoms with Crippen LogP contribution in [0.3, 0.4) is 0 Å². The van der Waals surface area contributed by atoms with Gasteiger partial charge in [0, 0.05) is 6.04 Å². The molecule has 1 amide bonds. The van der Waals surface area contributed by atoms with E-state index >= 15 is 0 Å². The van der Waals surface area contributed by atoms with Crippen LogP contribution >= 0.6 is 11.6 Å². The standard InChI is InChI=1S/C10H12ClN3O3S/c11-9-5-12-4-8(14-9)10(15)13-7-2-1-3-18(16,17)6-7/h4-5,7H,1-3,6H2,(H,13,15). The Morgan fingerprint density at radius 2 is 2.22 bits per heavy atom. The molecule has 1 aromatic rings. The number of hydrogen-bond acceptors (Lipinski definition) is 5. The Balaban J connectivity index is 2.03. The van der Waals surface area contributed by atoms with E-state index in [-0.39, 0.29) is 28.4 Å². The average molecular weight is 290 g/mol. The molecular formula is C10H12ClN3O3S. The Morgan fingerprint density at radius 3 is 2.89 bits per heavy atom. The van der Waals surface area contributed by atoms with Crippen LogP contribution in [0.2, 0.25) is 5.15 Å². The normalized spacial score (nSPS) is 22.4. The number of aromatic nitrogens is 2. The van der Waals surface area contributed by atoms with Crippen molar-refractivity contribution in [1.29, 1.82) is 0 Å². The van der Waals surface area contributed by atoms with Crippen molar-refractivity contribution in [2.24, 2.45) is 0 Å². The van der Waals surface area contributed by atoms with Crippen LogP contribution in [0.1, 0.15) is 23.3 Å². The van der Waals surface area contributed by atoms with E-state index in [2.05, 4.69) is 15.3 Å². The fourth-order valence-electron chi connectivity index (χ4n) is 1.85. The number of nitrogens with zero attached hydrogens (tertiary/aromatic N) is 2. The third-order valence-electron chi connectivity index (χ3n) is 2.64. The molecule has 1 aromatic heterocycles. The van der Waals surface area contributed by atoms with Gasteiger partial charge >= 0.3 is 0 Å². The van der Waals surface area contributed by atoms with E-state index in [1.165, 1.54) is 12.4 Å². The maximum Gasteiger partial charge on any atom is 0.271 e. The van der Waals surface area contributed by atoms with Gasteiger partial charge in [-0.3, -0.25) is 9.78 Å². The molecule has 2 heterocycles. The predicted molar refractivity (Wildman–Crippen MR) is 66.2 cm³/mol. The number of amides is 1. The highest BCUT2D eigenvalue weighted by atomic mass is 35.5. The van der Waals surface area contributed by atoms with Crippen molar-refractivity contribution >= 4 is 27.3 Å². The van der Waals surface area contributed by atoms with Gasteiger partial charge in [0.1, 0.15) is 10.8 Å². The summed E-state index contributed by atoms with van der Waals surface area (Å²) < 4.78 is 22.9. The number of carbonyl (C=O) groups excluding carboxylic acids is 1. The van der Waals surface area contributed by atoms with Gasteiger partial charge < -0.3 is 5.32 Å². The van der Waals surface area contributed by atoms with Crippen LogP contribution in [0.15, 0.2) is 12.4 Å². The monoisotopic (exact) mass is 289 g/mol. The summed E-state index contributed by atoms with van der Waals surface area (Å²) >= 11 is 5.63. The fraction of sp³-hybridized carbons (Fsp3) is 0.500. The Labute approximate surface area is 110 Å². The van der Waals surface area contributed by atoms with E-state index in [1.54, 1.807) is 0 Å². The van der Waals surface area contributed by atoms with Crippen molar-refractivity contribution in [3.63, 3.8) is 0 Å². The van der Waals surface area contributed by atoms with Crippen molar-refractivity contribution in [2.45, 2.75) is 18.9 Å². The van der Waals surface area contributed by atoms with Gasteiger partial charge in [-0.25, -0.2) is 13.4 Å². The molecule has 1 fully saturated rings. The Hall–Kier alpha value is -1.21. The smallest absolute Gasteiger partial charge is 0.271 e. The van der Waals surface area contributed by atoms with Crippen molar-refractivity contribution in [3.05, 3.63) is 23.2 Å². The molecule has 1 aliphatic rings. The molecule has 18 heavy (non-hydrogen) atoms. The molecule has 0 radical (unpaired) electrons. The summed E-state index contributed by atoms with van der Waals surface area (Å²) in [6.07, 6.45) is 3.83. The van der Waals surface area contributed by atoms with Crippen LogP contribution in [0.4, 0.5) is 0 Å². The second-order valence-corrected chi connectivity index (χ2v) is 6.77. The minimum atomic E-state index is -3.04.